The summed E-state index contributed by atoms with van der Waals surface area (Å²) < 4.78 is 41.2. The monoisotopic (exact) mass is 225 g/mol. The second-order valence-corrected chi connectivity index (χ2v) is 2.71. The van der Waals surface area contributed by atoms with E-state index in [1.54, 1.807) is 0 Å². The van der Waals surface area contributed by atoms with Crippen LogP contribution < -0.4 is 56.8 Å². The predicted octanol–water partition coefficient (Wildman–Crippen LogP) is -1.11. The molecule has 0 aliphatic heterocycles. The van der Waals surface area contributed by atoms with Gasteiger partial charge in [-0.1, -0.05) is 23.4 Å². The van der Waals surface area contributed by atoms with Crippen molar-refractivity contribution in [3.05, 3.63) is 24.5 Å². The van der Waals surface area contributed by atoms with E-state index in [4.69, 9.17) is 0 Å². The molecule has 14 heavy (non-hydrogen) atoms. The largest absolute Gasteiger partial charge is 1.00 e. The van der Waals surface area contributed by atoms with Crippen molar-refractivity contribution >= 4 is 23.3 Å². The van der Waals surface area contributed by atoms with Crippen molar-refractivity contribution < 1.29 is 68.9 Å². The third-order valence-corrected chi connectivity index (χ3v) is 1.76. The number of fused-ring (bicyclic) bond motifs is 1. The second-order valence-electron chi connectivity index (χ2n) is 2.71. The summed E-state index contributed by atoms with van der Waals surface area (Å²) in [6.07, 6.45) is 1.31. The fourth-order valence-electron chi connectivity index (χ4n) is 1.08. The van der Waals surface area contributed by atoms with E-state index in [0.717, 1.165) is 12.1 Å². The van der Waals surface area contributed by atoms with Gasteiger partial charge >= 0.3 is 58.4 Å². The predicted molar refractivity (Wildman–Crippen MR) is 42.7 cm³/mol. The van der Waals surface area contributed by atoms with E-state index < -0.39 is 12.4 Å². The Balaban J connectivity index is 0.000000980. The maximum atomic E-state index is 12.2. The first-order chi connectivity index (χ1) is 6.07. The van der Waals surface area contributed by atoms with Crippen molar-refractivity contribution in [2.75, 3.05) is 0 Å². The summed E-state index contributed by atoms with van der Waals surface area (Å²) in [6, 6.07) is 3.36. The van der Waals surface area contributed by atoms with E-state index in [1.165, 1.54) is 12.3 Å². The summed E-state index contributed by atoms with van der Waals surface area (Å²) in [5.74, 6) is 0. The molecular weight excluding hydrogens is 221 g/mol. The van der Waals surface area contributed by atoms with Gasteiger partial charge in [0.05, 0.1) is 0 Å². The van der Waals surface area contributed by atoms with E-state index in [2.05, 4.69) is 9.68 Å². The maximum Gasteiger partial charge on any atom is 1.00 e. The van der Waals surface area contributed by atoms with Gasteiger partial charge in [-0.3, -0.25) is 0 Å². The molecular formula is C7H4BF3KNO. The van der Waals surface area contributed by atoms with Crippen LogP contribution in [-0.4, -0.2) is 12.1 Å². The van der Waals surface area contributed by atoms with E-state index in [-0.39, 0.29) is 56.9 Å². The van der Waals surface area contributed by atoms with Gasteiger partial charge in [0.2, 0.25) is 0 Å². The van der Waals surface area contributed by atoms with Crippen LogP contribution in [0.3, 0.4) is 0 Å². The molecule has 0 radical (unpaired) electrons. The standard InChI is InChI=1S/C7H4BF3NO.K/c9-8(10,11)6-2-1-5-4-13-12-7(5)3-6;/h1-4H;/q-1;+1. The number of hydrogen-bond acceptors (Lipinski definition) is 2. The van der Waals surface area contributed by atoms with Gasteiger partial charge in [0.25, 0.3) is 0 Å². The smallest absolute Gasteiger partial charge is 0.445 e. The Labute approximate surface area is 120 Å². The minimum Gasteiger partial charge on any atom is -0.445 e. The van der Waals surface area contributed by atoms with Crippen molar-refractivity contribution in [1.29, 1.82) is 0 Å². The number of hydrogen-bond donors (Lipinski definition) is 0. The molecule has 0 aliphatic rings. The van der Waals surface area contributed by atoms with Crippen LogP contribution in [-0.2, 0) is 0 Å². The molecule has 0 atom stereocenters. The van der Waals surface area contributed by atoms with Crippen LogP contribution in [0.15, 0.2) is 29.0 Å². The second kappa shape index (κ2) is 4.36. The average Bonchev–Trinajstić information content (AvgIpc) is 2.47. The fraction of sp³-hybridized carbons (Fsp3) is 0. The molecule has 1 aromatic heterocycles. The Kier molecular flexibility index (Phi) is 3.82. The SMILES string of the molecule is F[B-](F)(F)c1ccc2conc2c1.[K+]. The third-order valence-electron chi connectivity index (χ3n) is 1.76. The summed E-state index contributed by atoms with van der Waals surface area (Å²) in [7, 11) is 0. The molecule has 0 unspecified atom stereocenters. The zero-order chi connectivity index (χ0) is 9.47. The van der Waals surface area contributed by atoms with Crippen molar-refractivity contribution in [3.8, 4) is 0 Å². The van der Waals surface area contributed by atoms with Crippen molar-refractivity contribution in [1.82, 2.24) is 5.16 Å². The van der Waals surface area contributed by atoms with E-state index in [1.807, 2.05) is 0 Å². The number of aromatic nitrogens is 1. The molecule has 2 nitrogen and oxygen atoms in total. The van der Waals surface area contributed by atoms with Crippen molar-refractivity contribution in [2.24, 2.45) is 0 Å². The molecule has 7 heteroatoms. The minimum atomic E-state index is -4.95. The molecule has 2 aromatic rings. The molecule has 0 bridgehead atoms. The fourth-order valence-corrected chi connectivity index (χ4v) is 1.08. The van der Waals surface area contributed by atoms with Crippen molar-refractivity contribution in [2.45, 2.75) is 0 Å². The Morgan fingerprint density at radius 2 is 1.93 bits per heavy atom. The number of rotatable bonds is 1. The van der Waals surface area contributed by atoms with Crippen LogP contribution in [0.2, 0.25) is 0 Å². The molecule has 0 saturated heterocycles. The third kappa shape index (κ3) is 2.40. The molecule has 0 N–H and O–H groups in total. The number of nitrogens with zero attached hydrogens (tertiary/aromatic N) is 1. The zero-order valence-electron chi connectivity index (χ0n) is 7.38. The van der Waals surface area contributed by atoms with Crippen LogP contribution in [0, 0.1) is 0 Å². The van der Waals surface area contributed by atoms with E-state index in [0.29, 0.717) is 5.39 Å². The molecule has 68 valence electrons. The number of halogens is 3. The van der Waals surface area contributed by atoms with Crippen molar-refractivity contribution in [3.63, 3.8) is 0 Å². The Morgan fingerprint density at radius 1 is 1.21 bits per heavy atom. The van der Waals surface area contributed by atoms with Crippen LogP contribution in [0.25, 0.3) is 10.9 Å². The summed E-state index contributed by atoms with van der Waals surface area (Å²) in [4.78, 5) is 0. The first-order valence-electron chi connectivity index (χ1n) is 3.61. The van der Waals surface area contributed by atoms with Gasteiger partial charge in [0.15, 0.2) is 0 Å². The van der Waals surface area contributed by atoms with Gasteiger partial charge < -0.3 is 17.5 Å². The summed E-state index contributed by atoms with van der Waals surface area (Å²) in [5, 5.41) is 4.00. The molecule has 0 aliphatic carbocycles. The quantitative estimate of drug-likeness (QED) is 0.575. The van der Waals surface area contributed by atoms with Crippen LogP contribution in [0.1, 0.15) is 0 Å². The topological polar surface area (TPSA) is 26.0 Å². The molecule has 0 amide bonds. The van der Waals surface area contributed by atoms with Gasteiger partial charge in [-0.05, 0) is 0 Å². The van der Waals surface area contributed by atoms with Crippen LogP contribution in [0.4, 0.5) is 12.9 Å². The first-order valence-corrected chi connectivity index (χ1v) is 3.61. The average molecular weight is 225 g/mol. The van der Waals surface area contributed by atoms with Gasteiger partial charge in [-0.2, -0.15) is 0 Å². The Hall–Kier alpha value is 0.181. The number of benzene rings is 1. The van der Waals surface area contributed by atoms with Gasteiger partial charge in [0, 0.05) is 5.39 Å². The van der Waals surface area contributed by atoms with Crippen LogP contribution >= 0.6 is 0 Å². The molecule has 1 heterocycles. The maximum absolute atomic E-state index is 12.2. The first kappa shape index (κ1) is 12.3. The Bertz CT molecular complexity index is 442. The van der Waals surface area contributed by atoms with Gasteiger partial charge in [0.1, 0.15) is 11.8 Å². The summed E-state index contributed by atoms with van der Waals surface area (Å²) in [5.41, 5.74) is -0.418. The summed E-state index contributed by atoms with van der Waals surface area (Å²) in [6.45, 7) is -4.95. The normalized spacial score (nSPS) is 11.4. The van der Waals surface area contributed by atoms with Gasteiger partial charge in [-0.15, -0.1) is 5.46 Å². The van der Waals surface area contributed by atoms with E-state index >= 15 is 0 Å². The summed E-state index contributed by atoms with van der Waals surface area (Å²) >= 11 is 0. The zero-order valence-corrected chi connectivity index (χ0v) is 10.5. The molecule has 0 saturated carbocycles. The Morgan fingerprint density at radius 3 is 2.57 bits per heavy atom. The van der Waals surface area contributed by atoms with Gasteiger partial charge in [-0.25, -0.2) is 0 Å². The van der Waals surface area contributed by atoms with Crippen LogP contribution in [0.5, 0.6) is 0 Å². The molecule has 0 spiro atoms. The minimum absolute atomic E-state index is 0. The molecule has 1 aromatic carbocycles. The molecule has 2 rings (SSSR count). The van der Waals surface area contributed by atoms with E-state index in [9.17, 15) is 12.9 Å². The molecule has 0 fully saturated rings.